The van der Waals surface area contributed by atoms with E-state index >= 15 is 0 Å². The van der Waals surface area contributed by atoms with Crippen LogP contribution in [0.5, 0.6) is 0 Å². The van der Waals surface area contributed by atoms with Crippen LogP contribution >= 0.6 is 23.5 Å². The van der Waals surface area contributed by atoms with Gasteiger partial charge in [-0.05, 0) is 173 Å². The minimum Gasteiger partial charge on any atom is -0.308 e. The minimum atomic E-state index is 1.12. The van der Waals surface area contributed by atoms with E-state index in [1.807, 2.05) is 23.5 Å². The van der Waals surface area contributed by atoms with Crippen LogP contribution in [0.25, 0.3) is 88.3 Å². The van der Waals surface area contributed by atoms with Crippen molar-refractivity contribution in [2.45, 2.75) is 19.6 Å². The highest BCUT2D eigenvalue weighted by Crippen LogP contribution is 2.55. The molecule has 4 heteroatoms. The molecule has 0 spiro atoms. The maximum absolute atomic E-state index is 2.47. The predicted molar refractivity (Wildman–Crippen MR) is 332 cm³/mol. The molecule has 13 aromatic carbocycles. The molecule has 2 aliphatic heterocycles. The van der Waals surface area contributed by atoms with Crippen molar-refractivity contribution < 1.29 is 0 Å². The van der Waals surface area contributed by atoms with Crippen molar-refractivity contribution in [1.29, 1.82) is 0 Å². The van der Waals surface area contributed by atoms with Gasteiger partial charge in [-0.15, -0.1) is 0 Å². The smallest absolute Gasteiger partial charge is 0.0601 e. The number of hydrogen-bond acceptors (Lipinski definition) is 4. The number of anilines is 6. The first-order chi connectivity index (χ1) is 38.7. The van der Waals surface area contributed by atoms with Crippen molar-refractivity contribution in [3.05, 3.63) is 291 Å². The Kier molecular flexibility index (Phi) is 11.4. The summed E-state index contributed by atoms with van der Waals surface area (Å²) in [5.41, 5.74) is 21.2. The van der Waals surface area contributed by atoms with Crippen LogP contribution in [0.15, 0.2) is 311 Å². The van der Waals surface area contributed by atoms with Gasteiger partial charge in [-0.3, -0.25) is 0 Å². The van der Waals surface area contributed by atoms with Crippen molar-refractivity contribution in [3.63, 3.8) is 0 Å². The molecule has 0 N–H and O–H groups in total. The fraction of sp³-hybridized carbons (Fsp3) is 0. The fourth-order valence-electron chi connectivity index (χ4n) is 11.8. The van der Waals surface area contributed by atoms with Crippen molar-refractivity contribution in [3.8, 4) is 66.8 Å². The van der Waals surface area contributed by atoms with Gasteiger partial charge in [-0.25, -0.2) is 0 Å². The molecule has 78 heavy (non-hydrogen) atoms. The zero-order chi connectivity index (χ0) is 51.5. The third-order valence-electron chi connectivity index (χ3n) is 15.4. The van der Waals surface area contributed by atoms with E-state index in [1.165, 1.54) is 131 Å². The number of hydrogen-bond donors (Lipinski definition) is 0. The van der Waals surface area contributed by atoms with Crippen LogP contribution in [-0.4, -0.2) is 0 Å². The molecule has 0 aromatic heterocycles. The lowest BCUT2D eigenvalue weighted by atomic mass is 9.84. The molecule has 0 unspecified atom stereocenters. The molecule has 15 rings (SSSR count). The second kappa shape index (κ2) is 19.4. The summed E-state index contributed by atoms with van der Waals surface area (Å²) in [6.07, 6.45) is 0. The first kappa shape index (κ1) is 46.0. The number of rotatable bonds is 8. The van der Waals surface area contributed by atoms with Crippen molar-refractivity contribution in [2.24, 2.45) is 0 Å². The van der Waals surface area contributed by atoms with E-state index in [2.05, 4.69) is 301 Å². The monoisotopic (exact) mass is 1030 g/mol. The third-order valence-corrected chi connectivity index (χ3v) is 17.7. The van der Waals surface area contributed by atoms with Gasteiger partial charge >= 0.3 is 0 Å². The third kappa shape index (κ3) is 8.08. The van der Waals surface area contributed by atoms with Crippen LogP contribution in [0.1, 0.15) is 0 Å². The number of benzene rings is 13. The standard InChI is InChI=1S/C74H48N2S2/c1-3-17-49(18-4-1)51-33-37-53(38-34-51)55-21-15-23-57(45-55)73-61-43-41-60(76-67-27-9-13-31-71(67)78-72-32-14-10-28-68(72)76)48-64(61)74(58-24-16-22-56(46-58)54-39-35-52(36-40-54)50-19-5-2-6-20-50)62-44-42-59(47-63(62)73)75-65-25-7-11-29-69(65)77-70-30-12-8-26-66(70)75/h1-48H. The van der Waals surface area contributed by atoms with Crippen LogP contribution in [-0.2, 0) is 0 Å². The van der Waals surface area contributed by atoms with Gasteiger partial charge in [0.15, 0.2) is 0 Å². The molecule has 0 aliphatic carbocycles. The van der Waals surface area contributed by atoms with Gasteiger partial charge in [0.05, 0.1) is 22.7 Å². The Hall–Kier alpha value is -9.32. The number of nitrogens with zero attached hydrogens (tertiary/aromatic N) is 2. The zero-order valence-corrected chi connectivity index (χ0v) is 44.1. The number of fused-ring (bicyclic) bond motifs is 6. The molecule has 13 aromatic rings. The first-order valence-electron chi connectivity index (χ1n) is 26.6. The molecule has 0 amide bonds. The Balaban J connectivity index is 0.995. The van der Waals surface area contributed by atoms with Gasteiger partial charge in [0.25, 0.3) is 0 Å². The summed E-state index contributed by atoms with van der Waals surface area (Å²) in [5, 5.41) is 4.76. The summed E-state index contributed by atoms with van der Waals surface area (Å²) in [6, 6.07) is 107. The summed E-state index contributed by atoms with van der Waals surface area (Å²) in [6.45, 7) is 0. The van der Waals surface area contributed by atoms with Crippen LogP contribution < -0.4 is 9.80 Å². The summed E-state index contributed by atoms with van der Waals surface area (Å²) in [7, 11) is 0. The molecule has 0 saturated carbocycles. The Labute approximate surface area is 463 Å². The molecule has 0 bridgehead atoms. The van der Waals surface area contributed by atoms with Gasteiger partial charge in [-0.2, -0.15) is 0 Å². The van der Waals surface area contributed by atoms with E-state index < -0.39 is 0 Å². The van der Waals surface area contributed by atoms with E-state index in [0.29, 0.717) is 0 Å². The van der Waals surface area contributed by atoms with Crippen LogP contribution in [0.4, 0.5) is 34.1 Å². The minimum absolute atomic E-state index is 1.12. The van der Waals surface area contributed by atoms with Crippen LogP contribution in [0, 0.1) is 0 Å². The second-order valence-electron chi connectivity index (χ2n) is 20.0. The first-order valence-corrected chi connectivity index (χ1v) is 28.2. The molecule has 2 heterocycles. The van der Waals surface area contributed by atoms with Gasteiger partial charge in [-0.1, -0.05) is 230 Å². The highest BCUT2D eigenvalue weighted by Gasteiger charge is 2.28. The molecular weight excluding hydrogens is 981 g/mol. The number of para-hydroxylation sites is 4. The molecule has 0 fully saturated rings. The van der Waals surface area contributed by atoms with Gasteiger partial charge in [0, 0.05) is 31.0 Å². The summed E-state index contributed by atoms with van der Waals surface area (Å²) < 4.78 is 0. The van der Waals surface area contributed by atoms with E-state index in [0.717, 1.165) is 11.4 Å². The molecular formula is C74H48N2S2. The van der Waals surface area contributed by atoms with E-state index in [4.69, 9.17) is 0 Å². The average molecular weight is 1030 g/mol. The zero-order valence-electron chi connectivity index (χ0n) is 42.4. The Morgan fingerprint density at radius 3 is 0.833 bits per heavy atom. The van der Waals surface area contributed by atoms with Gasteiger partial charge in [0.2, 0.25) is 0 Å². The lowest BCUT2D eigenvalue weighted by Crippen LogP contribution is -2.15. The van der Waals surface area contributed by atoms with Crippen LogP contribution in [0.2, 0.25) is 0 Å². The Bertz CT molecular complexity index is 4060. The fourth-order valence-corrected chi connectivity index (χ4v) is 13.9. The van der Waals surface area contributed by atoms with E-state index in [1.54, 1.807) is 0 Å². The molecule has 0 saturated heterocycles. The van der Waals surface area contributed by atoms with Crippen molar-refractivity contribution in [1.82, 2.24) is 0 Å². The molecule has 2 nitrogen and oxygen atoms in total. The Morgan fingerprint density at radius 1 is 0.192 bits per heavy atom. The maximum atomic E-state index is 2.47. The van der Waals surface area contributed by atoms with Gasteiger partial charge < -0.3 is 9.80 Å². The van der Waals surface area contributed by atoms with Crippen molar-refractivity contribution >= 4 is 79.2 Å². The molecule has 0 radical (unpaired) electrons. The molecule has 2 aliphatic rings. The molecule has 366 valence electrons. The second-order valence-corrected chi connectivity index (χ2v) is 22.2. The normalized spacial score (nSPS) is 12.5. The van der Waals surface area contributed by atoms with Crippen molar-refractivity contribution in [2.75, 3.05) is 9.80 Å². The maximum Gasteiger partial charge on any atom is 0.0601 e. The lowest BCUT2D eigenvalue weighted by molar-refractivity contribution is 1.17. The highest BCUT2D eigenvalue weighted by molar-refractivity contribution is 8.00. The largest absolute Gasteiger partial charge is 0.308 e. The molecule has 0 atom stereocenters. The Morgan fingerprint density at radius 2 is 0.474 bits per heavy atom. The van der Waals surface area contributed by atoms with E-state index in [9.17, 15) is 0 Å². The highest BCUT2D eigenvalue weighted by atomic mass is 32.2. The summed E-state index contributed by atoms with van der Waals surface area (Å²) in [4.78, 5) is 9.88. The predicted octanol–water partition coefficient (Wildman–Crippen LogP) is 21.9. The quantitative estimate of drug-likeness (QED) is 0.140. The lowest BCUT2D eigenvalue weighted by Gasteiger charge is -2.34. The van der Waals surface area contributed by atoms with Crippen LogP contribution in [0.3, 0.4) is 0 Å². The summed E-state index contributed by atoms with van der Waals surface area (Å²) in [5.74, 6) is 0. The van der Waals surface area contributed by atoms with E-state index in [-0.39, 0.29) is 0 Å². The average Bonchev–Trinajstić information content (AvgIpc) is 3.71. The van der Waals surface area contributed by atoms with Gasteiger partial charge in [0.1, 0.15) is 0 Å². The summed E-state index contributed by atoms with van der Waals surface area (Å²) >= 11 is 3.68. The SMILES string of the molecule is c1ccc(-c2ccc(-c3cccc(-c4c5ccc(N6c7ccccc7Sc7ccccc76)cc5c(-c5cccc(-c6ccc(-c7ccccc7)cc6)c5)c5ccc(N6c7ccccc7Sc7ccccc76)cc45)c3)cc2)cc1. The topological polar surface area (TPSA) is 6.48 Å².